The van der Waals surface area contributed by atoms with Gasteiger partial charge in [0.05, 0.1) is 10.8 Å². The van der Waals surface area contributed by atoms with Crippen molar-refractivity contribution in [2.75, 3.05) is 0 Å². The molecular formula is C23H32O4. The van der Waals surface area contributed by atoms with Crippen molar-refractivity contribution in [3.05, 3.63) is 35.4 Å². The van der Waals surface area contributed by atoms with Crippen molar-refractivity contribution in [2.45, 2.75) is 83.5 Å². The number of carbonyl (C=O) groups is 2. The Bertz CT molecular complexity index is 671. The minimum absolute atomic E-state index is 0.382. The normalized spacial score (nSPS) is 18.8. The molecule has 0 radical (unpaired) electrons. The van der Waals surface area contributed by atoms with Gasteiger partial charge in [-0.2, -0.15) is 0 Å². The summed E-state index contributed by atoms with van der Waals surface area (Å²) in [5, 5.41) is 18.5. The van der Waals surface area contributed by atoms with Gasteiger partial charge in [-0.15, -0.1) is 0 Å². The topological polar surface area (TPSA) is 74.6 Å². The van der Waals surface area contributed by atoms with E-state index in [0.29, 0.717) is 0 Å². The van der Waals surface area contributed by atoms with Crippen LogP contribution in [0.4, 0.5) is 0 Å². The molecule has 0 bridgehead atoms. The molecule has 4 heteroatoms. The van der Waals surface area contributed by atoms with Gasteiger partial charge in [0.1, 0.15) is 0 Å². The third-order valence-electron chi connectivity index (χ3n) is 6.69. The molecule has 0 aliphatic heterocycles. The predicted molar refractivity (Wildman–Crippen MR) is 105 cm³/mol. The highest BCUT2D eigenvalue weighted by atomic mass is 16.4. The van der Waals surface area contributed by atoms with E-state index in [4.69, 9.17) is 0 Å². The van der Waals surface area contributed by atoms with E-state index >= 15 is 0 Å². The van der Waals surface area contributed by atoms with Crippen LogP contribution in [-0.2, 0) is 22.4 Å². The maximum Gasteiger partial charge on any atom is 0.309 e. The molecule has 1 aromatic rings. The Balaban J connectivity index is 1.36. The number of hydrogen-bond acceptors (Lipinski definition) is 2. The Morgan fingerprint density at radius 3 is 1.52 bits per heavy atom. The largest absolute Gasteiger partial charge is 0.481 e. The Morgan fingerprint density at radius 1 is 0.704 bits per heavy atom. The fourth-order valence-corrected chi connectivity index (χ4v) is 4.22. The maximum atomic E-state index is 11.2. The van der Waals surface area contributed by atoms with Gasteiger partial charge in [-0.25, -0.2) is 0 Å². The Kier molecular flexibility index (Phi) is 6.23. The number of hydrogen-bond donors (Lipinski definition) is 2. The summed E-state index contributed by atoms with van der Waals surface area (Å²) >= 11 is 0. The maximum absolute atomic E-state index is 11.2. The number of benzene rings is 1. The lowest BCUT2D eigenvalue weighted by molar-refractivity contribution is -0.144. The second-order valence-corrected chi connectivity index (χ2v) is 8.71. The summed E-state index contributed by atoms with van der Waals surface area (Å²) < 4.78 is 0. The summed E-state index contributed by atoms with van der Waals surface area (Å²) in [6.45, 7) is 0. The van der Waals surface area contributed by atoms with E-state index in [1.165, 1.54) is 11.1 Å². The molecule has 2 saturated carbocycles. The molecule has 0 saturated heterocycles. The molecule has 0 atom stereocenters. The minimum atomic E-state index is -0.612. The van der Waals surface area contributed by atoms with Crippen molar-refractivity contribution in [3.63, 3.8) is 0 Å². The fourth-order valence-electron chi connectivity index (χ4n) is 4.22. The third-order valence-corrected chi connectivity index (χ3v) is 6.69. The molecule has 0 unspecified atom stereocenters. The van der Waals surface area contributed by atoms with Crippen LogP contribution < -0.4 is 0 Å². The SMILES string of the molecule is O=C(O)C1(CCCCCc2ccccc2CCCCC2(C(=O)O)CC2)CC1. The van der Waals surface area contributed by atoms with Crippen LogP contribution in [0.25, 0.3) is 0 Å². The summed E-state index contributed by atoms with van der Waals surface area (Å²) in [5.41, 5.74) is 2.01. The van der Waals surface area contributed by atoms with E-state index in [1.807, 2.05) is 0 Å². The molecule has 0 heterocycles. The van der Waals surface area contributed by atoms with Crippen molar-refractivity contribution in [2.24, 2.45) is 10.8 Å². The van der Waals surface area contributed by atoms with E-state index in [0.717, 1.165) is 83.5 Å². The fraction of sp³-hybridized carbons (Fsp3) is 0.652. The highest BCUT2D eigenvalue weighted by molar-refractivity contribution is 5.78. The lowest BCUT2D eigenvalue weighted by Crippen LogP contribution is -2.14. The summed E-state index contributed by atoms with van der Waals surface area (Å²) in [5.74, 6) is -1.22. The van der Waals surface area contributed by atoms with Gasteiger partial charge in [-0.1, -0.05) is 43.5 Å². The quantitative estimate of drug-likeness (QED) is 0.465. The van der Waals surface area contributed by atoms with Gasteiger partial charge in [0.15, 0.2) is 0 Å². The lowest BCUT2D eigenvalue weighted by atomic mass is 9.93. The molecule has 1 aromatic carbocycles. The molecule has 0 amide bonds. The molecular weight excluding hydrogens is 340 g/mol. The number of unbranched alkanes of at least 4 members (excludes halogenated alkanes) is 3. The first-order valence-electron chi connectivity index (χ1n) is 10.5. The number of aryl methyl sites for hydroxylation is 2. The van der Waals surface area contributed by atoms with E-state index in [9.17, 15) is 19.8 Å². The molecule has 3 rings (SSSR count). The number of rotatable bonds is 13. The predicted octanol–water partition coefficient (Wildman–Crippen LogP) is 5.23. The minimum Gasteiger partial charge on any atom is -0.481 e. The van der Waals surface area contributed by atoms with Crippen LogP contribution in [0.1, 0.15) is 81.8 Å². The molecule has 148 valence electrons. The molecule has 2 aliphatic rings. The third kappa shape index (κ3) is 5.12. The van der Waals surface area contributed by atoms with Gasteiger partial charge in [-0.05, 0) is 75.3 Å². The van der Waals surface area contributed by atoms with Gasteiger partial charge in [0.2, 0.25) is 0 Å². The van der Waals surface area contributed by atoms with Crippen LogP contribution >= 0.6 is 0 Å². The van der Waals surface area contributed by atoms with Crippen LogP contribution in [0.3, 0.4) is 0 Å². The number of carboxylic acid groups (broad SMARTS) is 2. The smallest absolute Gasteiger partial charge is 0.309 e. The number of carboxylic acids is 2. The Morgan fingerprint density at radius 2 is 1.11 bits per heavy atom. The highest BCUT2D eigenvalue weighted by Gasteiger charge is 2.49. The molecule has 0 aromatic heterocycles. The van der Waals surface area contributed by atoms with Crippen LogP contribution in [0.2, 0.25) is 0 Å². The molecule has 2 fully saturated rings. The second kappa shape index (κ2) is 8.45. The van der Waals surface area contributed by atoms with Crippen molar-refractivity contribution in [1.82, 2.24) is 0 Å². The summed E-state index contributed by atoms with van der Waals surface area (Å²) in [4.78, 5) is 22.5. The van der Waals surface area contributed by atoms with Gasteiger partial charge in [-0.3, -0.25) is 9.59 Å². The van der Waals surface area contributed by atoms with E-state index in [1.54, 1.807) is 0 Å². The van der Waals surface area contributed by atoms with E-state index in [2.05, 4.69) is 24.3 Å². The number of aliphatic carboxylic acids is 2. The Labute approximate surface area is 162 Å². The Hall–Kier alpha value is -1.84. The monoisotopic (exact) mass is 372 g/mol. The van der Waals surface area contributed by atoms with Gasteiger partial charge in [0.25, 0.3) is 0 Å². The standard InChI is InChI=1S/C23H32O4/c24-20(25)22(14-15-22)12-6-1-2-8-18-9-3-4-10-19(18)11-5-7-13-23(16-17-23)21(26)27/h3-4,9-10H,1-2,5-8,11-17H2,(H,24,25)(H,26,27). The summed E-state index contributed by atoms with van der Waals surface area (Å²) in [6, 6.07) is 8.58. The first-order chi connectivity index (χ1) is 13.0. The summed E-state index contributed by atoms with van der Waals surface area (Å²) in [7, 11) is 0. The van der Waals surface area contributed by atoms with E-state index in [-0.39, 0.29) is 5.41 Å². The molecule has 4 nitrogen and oxygen atoms in total. The zero-order chi connectivity index (χ0) is 19.3. The summed E-state index contributed by atoms with van der Waals surface area (Å²) in [6.07, 6.45) is 12.4. The van der Waals surface area contributed by atoms with Gasteiger partial charge >= 0.3 is 11.9 Å². The van der Waals surface area contributed by atoms with Crippen LogP contribution in [0.15, 0.2) is 24.3 Å². The average molecular weight is 373 g/mol. The first-order valence-corrected chi connectivity index (χ1v) is 10.5. The van der Waals surface area contributed by atoms with Crippen molar-refractivity contribution < 1.29 is 19.8 Å². The van der Waals surface area contributed by atoms with Crippen molar-refractivity contribution in [3.8, 4) is 0 Å². The molecule has 0 spiro atoms. The molecule has 2 N–H and O–H groups in total. The van der Waals surface area contributed by atoms with Crippen LogP contribution in [-0.4, -0.2) is 22.2 Å². The van der Waals surface area contributed by atoms with Crippen molar-refractivity contribution in [1.29, 1.82) is 0 Å². The second-order valence-electron chi connectivity index (χ2n) is 8.71. The zero-order valence-electron chi connectivity index (χ0n) is 16.2. The average Bonchev–Trinajstić information content (AvgIpc) is 3.55. The first kappa shape index (κ1) is 19.9. The molecule has 2 aliphatic carbocycles. The van der Waals surface area contributed by atoms with Gasteiger partial charge < -0.3 is 10.2 Å². The zero-order valence-corrected chi connectivity index (χ0v) is 16.2. The van der Waals surface area contributed by atoms with Gasteiger partial charge in [0, 0.05) is 0 Å². The van der Waals surface area contributed by atoms with Crippen molar-refractivity contribution >= 4 is 11.9 Å². The van der Waals surface area contributed by atoms with E-state index < -0.39 is 17.4 Å². The highest BCUT2D eigenvalue weighted by Crippen LogP contribution is 2.50. The molecule has 27 heavy (non-hydrogen) atoms. The van der Waals surface area contributed by atoms with Crippen LogP contribution in [0.5, 0.6) is 0 Å². The van der Waals surface area contributed by atoms with Crippen LogP contribution in [0, 0.1) is 10.8 Å². The lowest BCUT2D eigenvalue weighted by Gasteiger charge is -2.12.